The Balaban J connectivity index is 3.53. The van der Waals surface area contributed by atoms with E-state index in [4.69, 9.17) is 10.2 Å². The van der Waals surface area contributed by atoms with Gasteiger partial charge in [0, 0.05) is 0 Å². The smallest absolute Gasteiger partial charge is 0.211 e. The van der Waals surface area contributed by atoms with Crippen molar-refractivity contribution >= 4 is 6.41 Å². The summed E-state index contributed by atoms with van der Waals surface area (Å²) in [5.74, 6) is 0. The molecule has 0 saturated carbocycles. The van der Waals surface area contributed by atoms with Crippen LogP contribution in [0.25, 0.3) is 0 Å². The van der Waals surface area contributed by atoms with Gasteiger partial charge in [-0.05, 0) is 0 Å². The Labute approximate surface area is 46.4 Å². The molecular weight excluding hydrogens is 110 g/mol. The van der Waals surface area contributed by atoms with E-state index >= 15 is 0 Å². The van der Waals surface area contributed by atoms with Crippen molar-refractivity contribution in [1.29, 1.82) is 0 Å². The fraction of sp³-hybridized carbons (Fsp3) is 0. The molecule has 0 aromatic heterocycles. The molecule has 4 heteroatoms. The zero-order valence-electron chi connectivity index (χ0n) is 4.03. The minimum absolute atomic E-state index is 0.0417. The van der Waals surface area contributed by atoms with Crippen LogP contribution in [0.3, 0.4) is 0 Å². The number of hydrogen-bond donors (Lipinski definition) is 3. The van der Waals surface area contributed by atoms with Crippen molar-refractivity contribution in [2.24, 2.45) is 0 Å². The van der Waals surface area contributed by atoms with Gasteiger partial charge in [-0.15, -0.1) is 0 Å². The van der Waals surface area contributed by atoms with Gasteiger partial charge >= 0.3 is 0 Å². The highest BCUT2D eigenvalue weighted by Gasteiger charge is 1.88. The molecule has 8 heavy (non-hydrogen) atoms. The summed E-state index contributed by atoms with van der Waals surface area (Å²) in [5, 5.41) is 18.2. The number of rotatable bonds is 3. The Bertz CT molecular complexity index is 99.5. The maximum absolute atomic E-state index is 9.54. The van der Waals surface area contributed by atoms with Gasteiger partial charge in [-0.3, -0.25) is 4.79 Å². The van der Waals surface area contributed by atoms with Crippen molar-refractivity contribution in [1.82, 2.24) is 5.32 Å². The molecule has 4 nitrogen and oxygen atoms in total. The molecule has 0 atom stereocenters. The highest BCUT2D eigenvalue weighted by molar-refractivity contribution is 5.50. The molecule has 0 rings (SSSR count). The van der Waals surface area contributed by atoms with Gasteiger partial charge < -0.3 is 15.5 Å². The quantitative estimate of drug-likeness (QED) is 0.349. The predicted molar refractivity (Wildman–Crippen MR) is 26.1 cm³/mol. The summed E-state index contributed by atoms with van der Waals surface area (Å²) in [6.45, 7) is 0.578. The first-order valence-electron chi connectivity index (χ1n) is 1.87. The lowest BCUT2D eigenvalue weighted by Crippen LogP contribution is -2.10. The molecule has 0 aliphatic rings. The minimum Gasteiger partial charge on any atom is -0.514 e. The molecule has 0 spiro atoms. The second kappa shape index (κ2) is 4.14. The van der Waals surface area contributed by atoms with Crippen molar-refractivity contribution in [3.63, 3.8) is 0 Å². The first-order valence-corrected chi connectivity index (χ1v) is 1.87. The zero-order chi connectivity index (χ0) is 6.41. The number of aliphatic hydroxyl groups excluding tert-OH is 2. The number of amides is 1. The minimum atomic E-state index is -0.0417. The standard InChI is InChI=1S/C4H6NO3/c6-1-4(2-7)5-3-8/h1-3,6-7H,(H,5,8). The second-order valence-corrected chi connectivity index (χ2v) is 0.976. The van der Waals surface area contributed by atoms with E-state index in [0.29, 0.717) is 19.3 Å². The van der Waals surface area contributed by atoms with Crippen LogP contribution in [0.15, 0.2) is 12.0 Å². The molecule has 45 valence electrons. The van der Waals surface area contributed by atoms with Crippen molar-refractivity contribution in [2.75, 3.05) is 0 Å². The van der Waals surface area contributed by atoms with Crippen LogP contribution in [0.1, 0.15) is 0 Å². The zero-order valence-corrected chi connectivity index (χ0v) is 4.03. The van der Waals surface area contributed by atoms with Gasteiger partial charge in [-0.2, -0.15) is 0 Å². The van der Waals surface area contributed by atoms with Gasteiger partial charge in [0.15, 0.2) is 0 Å². The third-order valence-electron chi connectivity index (χ3n) is 0.504. The van der Waals surface area contributed by atoms with Crippen molar-refractivity contribution in [2.45, 2.75) is 0 Å². The molecule has 0 aliphatic carbocycles. The van der Waals surface area contributed by atoms with E-state index in [0.717, 1.165) is 0 Å². The average Bonchev–Trinajstić information content (AvgIpc) is 1.83. The Hall–Kier alpha value is -1.03. The van der Waals surface area contributed by atoms with Gasteiger partial charge in [0.2, 0.25) is 6.41 Å². The van der Waals surface area contributed by atoms with E-state index in [1.54, 1.807) is 0 Å². The van der Waals surface area contributed by atoms with E-state index in [1.165, 1.54) is 0 Å². The first kappa shape index (κ1) is 6.97. The molecule has 0 saturated heterocycles. The Kier molecular flexibility index (Phi) is 3.60. The van der Waals surface area contributed by atoms with Crippen LogP contribution < -0.4 is 5.32 Å². The fourth-order valence-electron chi connectivity index (χ4n) is 0.176. The van der Waals surface area contributed by atoms with Gasteiger partial charge in [0.05, 0.1) is 5.70 Å². The summed E-state index contributed by atoms with van der Waals surface area (Å²) in [7, 11) is 0. The van der Waals surface area contributed by atoms with E-state index in [1.807, 2.05) is 5.32 Å². The number of carbonyl (C=O) groups is 1. The Morgan fingerprint density at radius 2 is 2.12 bits per heavy atom. The molecule has 0 unspecified atom stereocenters. The molecule has 0 fully saturated rings. The van der Waals surface area contributed by atoms with Crippen LogP contribution in [0.4, 0.5) is 0 Å². The van der Waals surface area contributed by atoms with E-state index in [9.17, 15) is 4.79 Å². The third kappa shape index (κ3) is 2.20. The maximum Gasteiger partial charge on any atom is 0.211 e. The van der Waals surface area contributed by atoms with Crippen molar-refractivity contribution < 1.29 is 15.0 Å². The highest BCUT2D eigenvalue weighted by atomic mass is 16.3. The topological polar surface area (TPSA) is 69.6 Å². The van der Waals surface area contributed by atoms with Crippen LogP contribution in [-0.4, -0.2) is 16.6 Å². The molecule has 0 aliphatic heterocycles. The van der Waals surface area contributed by atoms with Crippen LogP contribution in [0, 0.1) is 6.61 Å². The van der Waals surface area contributed by atoms with Gasteiger partial charge in [-0.25, -0.2) is 0 Å². The molecule has 0 bridgehead atoms. The normalized spacial score (nSPS) is 10.9. The molecule has 1 radical (unpaired) electrons. The highest BCUT2D eigenvalue weighted by Crippen LogP contribution is 1.84. The number of carbonyl (C=O) groups excluding carboxylic acids is 1. The monoisotopic (exact) mass is 116 g/mol. The SMILES string of the molecule is O=CNC([CH]O)=CO. The largest absolute Gasteiger partial charge is 0.514 e. The molecule has 0 aromatic rings. The predicted octanol–water partition coefficient (Wildman–Crippen LogP) is -0.334. The van der Waals surface area contributed by atoms with Gasteiger partial charge in [0.25, 0.3) is 0 Å². The number of nitrogens with one attached hydrogen (secondary N) is 1. The summed E-state index contributed by atoms with van der Waals surface area (Å²) < 4.78 is 0. The van der Waals surface area contributed by atoms with Crippen LogP contribution >= 0.6 is 0 Å². The Morgan fingerprint density at radius 1 is 1.50 bits per heavy atom. The summed E-state index contributed by atoms with van der Waals surface area (Å²) in [6, 6.07) is 0. The molecule has 0 heterocycles. The van der Waals surface area contributed by atoms with Crippen LogP contribution in [0.5, 0.6) is 0 Å². The number of hydrogen-bond acceptors (Lipinski definition) is 3. The summed E-state index contributed by atoms with van der Waals surface area (Å²) >= 11 is 0. The fourth-order valence-corrected chi connectivity index (χ4v) is 0.176. The van der Waals surface area contributed by atoms with E-state index in [-0.39, 0.29) is 5.70 Å². The summed E-state index contributed by atoms with van der Waals surface area (Å²) in [5.41, 5.74) is -0.0417. The third-order valence-corrected chi connectivity index (χ3v) is 0.504. The van der Waals surface area contributed by atoms with E-state index in [2.05, 4.69) is 0 Å². The lowest BCUT2D eigenvalue weighted by Gasteiger charge is -1.93. The average molecular weight is 116 g/mol. The Morgan fingerprint density at radius 3 is 2.25 bits per heavy atom. The second-order valence-electron chi connectivity index (χ2n) is 0.976. The van der Waals surface area contributed by atoms with Gasteiger partial charge in [0.1, 0.15) is 12.9 Å². The summed E-state index contributed by atoms with van der Waals surface area (Å²) in [6.07, 6.45) is 0.920. The molecular formula is C4H6NO3. The molecule has 3 N–H and O–H groups in total. The molecule has 0 aromatic carbocycles. The summed E-state index contributed by atoms with van der Waals surface area (Å²) in [4.78, 5) is 9.54. The van der Waals surface area contributed by atoms with Gasteiger partial charge in [-0.1, -0.05) is 0 Å². The lowest BCUT2D eigenvalue weighted by molar-refractivity contribution is -0.109. The van der Waals surface area contributed by atoms with Crippen molar-refractivity contribution in [3.05, 3.63) is 18.6 Å². The number of aliphatic hydroxyl groups is 2. The van der Waals surface area contributed by atoms with Crippen LogP contribution in [0.2, 0.25) is 0 Å². The van der Waals surface area contributed by atoms with Crippen molar-refractivity contribution in [3.8, 4) is 0 Å². The maximum atomic E-state index is 9.54. The first-order chi connectivity index (χ1) is 3.85. The lowest BCUT2D eigenvalue weighted by atomic mass is 10.5. The van der Waals surface area contributed by atoms with E-state index < -0.39 is 0 Å². The molecule has 1 amide bonds. The van der Waals surface area contributed by atoms with Crippen LogP contribution in [-0.2, 0) is 4.79 Å².